The molecule has 0 saturated heterocycles. The van der Waals surface area contributed by atoms with Gasteiger partial charge >= 0.3 is 44.8 Å². The molecule has 0 saturated carbocycles. The molecule has 4 aromatic rings. The third-order valence-corrected chi connectivity index (χ3v) is 4.55. The van der Waals surface area contributed by atoms with Crippen LogP contribution in [0.25, 0.3) is 32.7 Å². The van der Waals surface area contributed by atoms with E-state index in [1.165, 1.54) is 12.1 Å². The first-order chi connectivity index (χ1) is 12.6. The van der Waals surface area contributed by atoms with E-state index < -0.39 is 11.9 Å². The van der Waals surface area contributed by atoms with E-state index in [1.807, 2.05) is 24.3 Å². The van der Waals surface area contributed by atoms with E-state index in [4.69, 9.17) is 0 Å². The molecule has 0 fully saturated rings. The molecule has 4 rings (SSSR count). The summed E-state index contributed by atoms with van der Waals surface area (Å²) in [6, 6.07) is 20.8. The number of carboxylic acid groups (broad SMARTS) is 2. The second-order valence-corrected chi connectivity index (χ2v) is 5.99. The Morgan fingerprint density at radius 2 is 0.893 bits per heavy atom. The molecule has 0 heterocycles. The number of carbonyl (C=O) groups is 2. The molecule has 4 aromatic carbocycles. The Hall–Kier alpha value is -2.18. The predicted octanol–water partition coefficient (Wildman–Crippen LogP) is 2.38. The minimum Gasteiger partial charge on any atom is -0.545 e. The monoisotopic (exact) mass is 554 g/mol. The number of rotatable bonds is 3. The van der Waals surface area contributed by atoms with Gasteiger partial charge in [-0.15, -0.1) is 0 Å². The maximum absolute atomic E-state index is 11.8. The van der Waals surface area contributed by atoms with Crippen molar-refractivity contribution in [3.05, 3.63) is 83.9 Å². The van der Waals surface area contributed by atoms with Gasteiger partial charge in [-0.1, -0.05) is 72.8 Å². The topological polar surface area (TPSA) is 80.3 Å². The van der Waals surface area contributed by atoms with Crippen LogP contribution in [0.1, 0.15) is 20.7 Å². The summed E-state index contributed by atoms with van der Waals surface area (Å²) in [6.45, 7) is 0. The van der Waals surface area contributed by atoms with Crippen LogP contribution in [0, 0.1) is 0 Å². The van der Waals surface area contributed by atoms with Crippen molar-refractivity contribution in [3.63, 3.8) is 0 Å². The molecule has 28 heavy (non-hydrogen) atoms. The van der Waals surface area contributed by atoms with Crippen LogP contribution in [0.3, 0.4) is 0 Å². The van der Waals surface area contributed by atoms with E-state index in [1.54, 1.807) is 36.4 Å². The molecule has 0 spiro atoms. The third-order valence-electron chi connectivity index (χ3n) is 4.55. The van der Waals surface area contributed by atoms with Gasteiger partial charge in [-0.25, -0.2) is 0 Å². The van der Waals surface area contributed by atoms with E-state index in [9.17, 15) is 19.8 Å². The fourth-order valence-electron chi connectivity index (χ4n) is 3.42. The number of benzene rings is 4. The zero-order chi connectivity index (χ0) is 18.3. The first-order valence-corrected chi connectivity index (χ1v) is 8.04. The standard InChI is InChI=1S/C22H14O4.2Ag/c23-21(24)17-11-9-13-5-1-3-7-15(13)19(17)20-16-8-4-2-6-14(16)10-12-18(20)22(25)26;;/h1-12H,(H,23,24)(H,25,26);;/q;2*+1/p-2. The predicted molar refractivity (Wildman–Crippen MR) is 95.6 cm³/mol. The maximum atomic E-state index is 11.8. The first kappa shape index (κ1) is 22.1. The number of hydrogen-bond donors (Lipinski definition) is 0. The van der Waals surface area contributed by atoms with Crippen molar-refractivity contribution < 1.29 is 64.6 Å². The van der Waals surface area contributed by atoms with Crippen LogP contribution in [0.15, 0.2) is 72.8 Å². The van der Waals surface area contributed by atoms with Gasteiger partial charge < -0.3 is 19.8 Å². The Bertz CT molecular complexity index is 1110. The quantitative estimate of drug-likeness (QED) is 0.364. The number of fused-ring (bicyclic) bond motifs is 2. The second kappa shape index (κ2) is 8.88. The van der Waals surface area contributed by atoms with Gasteiger partial charge in [0.15, 0.2) is 0 Å². The molecule has 146 valence electrons. The summed E-state index contributed by atoms with van der Waals surface area (Å²) >= 11 is 0. The van der Waals surface area contributed by atoms with E-state index in [-0.39, 0.29) is 55.9 Å². The third kappa shape index (κ3) is 3.71. The van der Waals surface area contributed by atoms with E-state index >= 15 is 0 Å². The SMILES string of the molecule is O=C([O-])c1ccc2ccccc2c1-c1c(C(=O)[O-])ccc2ccccc12.[Ag+].[Ag+]. The van der Waals surface area contributed by atoms with Crippen molar-refractivity contribution in [1.29, 1.82) is 0 Å². The number of carboxylic acids is 2. The van der Waals surface area contributed by atoms with Crippen molar-refractivity contribution in [1.82, 2.24) is 0 Å². The summed E-state index contributed by atoms with van der Waals surface area (Å²) in [5, 5.41) is 26.5. The number of carbonyl (C=O) groups excluding carboxylic acids is 2. The van der Waals surface area contributed by atoms with Crippen LogP contribution in [0.2, 0.25) is 0 Å². The Morgan fingerprint density at radius 3 is 1.25 bits per heavy atom. The fourth-order valence-corrected chi connectivity index (χ4v) is 3.42. The molecule has 0 radical (unpaired) electrons. The molecule has 4 nitrogen and oxygen atoms in total. The van der Waals surface area contributed by atoms with E-state index in [2.05, 4.69) is 0 Å². The Morgan fingerprint density at radius 1 is 0.536 bits per heavy atom. The molecule has 0 aromatic heterocycles. The summed E-state index contributed by atoms with van der Waals surface area (Å²) < 4.78 is 0. The molecule has 0 amide bonds. The minimum absolute atomic E-state index is 0. The van der Waals surface area contributed by atoms with Gasteiger partial charge in [-0.2, -0.15) is 0 Å². The van der Waals surface area contributed by atoms with Crippen LogP contribution >= 0.6 is 0 Å². The van der Waals surface area contributed by atoms with Gasteiger partial charge in [0.25, 0.3) is 0 Å². The molecular formula is C22H12Ag2O4. The zero-order valence-electron chi connectivity index (χ0n) is 14.2. The van der Waals surface area contributed by atoms with Crippen LogP contribution in [0.5, 0.6) is 0 Å². The van der Waals surface area contributed by atoms with E-state index in [0.29, 0.717) is 21.9 Å². The molecule has 0 aliphatic carbocycles. The van der Waals surface area contributed by atoms with Crippen molar-refractivity contribution in [3.8, 4) is 11.1 Å². The summed E-state index contributed by atoms with van der Waals surface area (Å²) in [5.41, 5.74) is 0.559. The molecule has 0 unspecified atom stereocenters. The molecule has 0 aliphatic rings. The van der Waals surface area contributed by atoms with Gasteiger partial charge in [0.2, 0.25) is 0 Å². The normalized spacial score (nSPS) is 10.1. The maximum Gasteiger partial charge on any atom is 1.00 e. The summed E-state index contributed by atoms with van der Waals surface area (Å²) in [7, 11) is 0. The van der Waals surface area contributed by atoms with Gasteiger partial charge in [-0.3, -0.25) is 0 Å². The Kier molecular flexibility index (Phi) is 7.01. The van der Waals surface area contributed by atoms with Gasteiger partial charge in [0.05, 0.1) is 11.9 Å². The molecule has 0 atom stereocenters. The summed E-state index contributed by atoms with van der Waals surface area (Å²) in [5.74, 6) is -2.72. The fraction of sp³-hybridized carbons (Fsp3) is 0. The Balaban J connectivity index is 0.00000140. The van der Waals surface area contributed by atoms with Gasteiger partial charge in [-0.05, 0) is 32.7 Å². The summed E-state index contributed by atoms with van der Waals surface area (Å²) in [4.78, 5) is 23.6. The summed E-state index contributed by atoms with van der Waals surface area (Å²) in [6.07, 6.45) is 0. The average Bonchev–Trinajstić information content (AvgIpc) is 2.66. The molecular weight excluding hydrogens is 544 g/mol. The smallest absolute Gasteiger partial charge is 0.545 e. The molecule has 6 heteroatoms. The van der Waals surface area contributed by atoms with Crippen LogP contribution in [-0.2, 0) is 44.8 Å². The minimum atomic E-state index is -1.36. The van der Waals surface area contributed by atoms with Crippen molar-refractivity contribution in [2.75, 3.05) is 0 Å². The Labute approximate surface area is 192 Å². The van der Waals surface area contributed by atoms with Crippen LogP contribution < -0.4 is 10.2 Å². The average molecular weight is 556 g/mol. The number of hydrogen-bond acceptors (Lipinski definition) is 4. The molecule has 0 aliphatic heterocycles. The van der Waals surface area contributed by atoms with E-state index in [0.717, 1.165) is 10.8 Å². The second-order valence-electron chi connectivity index (χ2n) is 5.99. The van der Waals surface area contributed by atoms with Crippen molar-refractivity contribution in [2.24, 2.45) is 0 Å². The van der Waals surface area contributed by atoms with Crippen LogP contribution in [-0.4, -0.2) is 11.9 Å². The first-order valence-electron chi connectivity index (χ1n) is 8.04. The number of aromatic carboxylic acids is 2. The van der Waals surface area contributed by atoms with Crippen molar-refractivity contribution in [2.45, 2.75) is 0 Å². The molecule has 0 bridgehead atoms. The van der Waals surface area contributed by atoms with Gasteiger partial charge in [0.1, 0.15) is 0 Å². The van der Waals surface area contributed by atoms with Crippen LogP contribution in [0.4, 0.5) is 0 Å². The van der Waals surface area contributed by atoms with Gasteiger partial charge in [0, 0.05) is 11.1 Å². The largest absolute Gasteiger partial charge is 1.00 e. The molecule has 0 N–H and O–H groups in total. The zero-order valence-corrected chi connectivity index (χ0v) is 17.1. The van der Waals surface area contributed by atoms with Crippen molar-refractivity contribution >= 4 is 33.5 Å².